The maximum absolute atomic E-state index is 13.7. The Morgan fingerprint density at radius 2 is 1.56 bits per heavy atom. The number of nitrogens with two attached hydrogens (primary N) is 1. The van der Waals surface area contributed by atoms with Crippen molar-refractivity contribution in [2.45, 2.75) is 32.0 Å². The van der Waals surface area contributed by atoms with Crippen LogP contribution in [0.15, 0.2) is 54.0 Å². The highest BCUT2D eigenvalue weighted by molar-refractivity contribution is 7.16. The summed E-state index contributed by atoms with van der Waals surface area (Å²) < 4.78 is 27.4. The average molecular weight is 482 g/mol. The number of fused-ring (bicyclic) bond motifs is 1. The lowest BCUT2D eigenvalue weighted by atomic mass is 9.93. The van der Waals surface area contributed by atoms with Crippen LogP contribution in [0.25, 0.3) is 10.3 Å². The van der Waals surface area contributed by atoms with Crippen molar-refractivity contribution in [1.29, 1.82) is 0 Å². The fourth-order valence-electron chi connectivity index (χ4n) is 4.69. The van der Waals surface area contributed by atoms with Crippen LogP contribution >= 0.6 is 11.3 Å². The SMILES string of the molecule is C[C@@H]1CN(c2nc(NN)nc3scnc23)[C@@H](C)CN1C(c1ccc(F)cc1)c1ccc(F)cc1. The van der Waals surface area contributed by atoms with Crippen molar-refractivity contribution in [2.24, 2.45) is 5.84 Å². The Bertz CT molecular complexity index is 1230. The number of nitrogen functional groups attached to an aromatic ring is 1. The molecule has 34 heavy (non-hydrogen) atoms. The predicted molar refractivity (Wildman–Crippen MR) is 131 cm³/mol. The van der Waals surface area contributed by atoms with Gasteiger partial charge in [0.1, 0.15) is 17.2 Å². The van der Waals surface area contributed by atoms with Gasteiger partial charge in [0.15, 0.2) is 10.6 Å². The van der Waals surface area contributed by atoms with Crippen molar-refractivity contribution in [3.63, 3.8) is 0 Å². The minimum atomic E-state index is -0.284. The van der Waals surface area contributed by atoms with Crippen LogP contribution in [-0.4, -0.2) is 45.0 Å². The van der Waals surface area contributed by atoms with Crippen molar-refractivity contribution in [3.8, 4) is 0 Å². The first-order valence-electron chi connectivity index (χ1n) is 11.1. The van der Waals surface area contributed by atoms with E-state index in [0.717, 1.165) is 27.3 Å². The van der Waals surface area contributed by atoms with Gasteiger partial charge in [0.25, 0.3) is 0 Å². The van der Waals surface area contributed by atoms with Gasteiger partial charge in [-0.05, 0) is 49.2 Å². The van der Waals surface area contributed by atoms with Gasteiger partial charge in [-0.15, -0.1) is 11.3 Å². The quantitative estimate of drug-likeness (QED) is 0.324. The molecule has 0 bridgehead atoms. The summed E-state index contributed by atoms with van der Waals surface area (Å²) >= 11 is 1.44. The van der Waals surface area contributed by atoms with Gasteiger partial charge >= 0.3 is 0 Å². The number of hydrogen-bond donors (Lipinski definition) is 2. The zero-order chi connectivity index (χ0) is 23.8. The number of halogens is 2. The van der Waals surface area contributed by atoms with Crippen molar-refractivity contribution >= 4 is 33.5 Å². The summed E-state index contributed by atoms with van der Waals surface area (Å²) in [7, 11) is 0. The number of anilines is 2. The highest BCUT2D eigenvalue weighted by atomic mass is 32.1. The molecular formula is C24H25F2N7S. The third kappa shape index (κ3) is 4.20. The van der Waals surface area contributed by atoms with Gasteiger partial charge in [-0.2, -0.15) is 9.97 Å². The molecule has 3 N–H and O–H groups in total. The van der Waals surface area contributed by atoms with Crippen LogP contribution in [0.2, 0.25) is 0 Å². The highest BCUT2D eigenvalue weighted by Crippen LogP contribution is 2.36. The molecule has 2 aromatic carbocycles. The molecule has 1 aliphatic rings. The van der Waals surface area contributed by atoms with E-state index < -0.39 is 0 Å². The Hall–Kier alpha value is -3.21. The molecule has 0 radical (unpaired) electrons. The molecule has 0 aliphatic carbocycles. The number of nitrogens with zero attached hydrogens (tertiary/aromatic N) is 5. The number of nitrogens with one attached hydrogen (secondary N) is 1. The minimum Gasteiger partial charge on any atom is -0.349 e. The van der Waals surface area contributed by atoms with E-state index >= 15 is 0 Å². The van der Waals surface area contributed by atoms with Gasteiger partial charge in [-0.25, -0.2) is 19.6 Å². The lowest BCUT2D eigenvalue weighted by Crippen LogP contribution is -2.57. The van der Waals surface area contributed by atoms with Crippen LogP contribution < -0.4 is 16.2 Å². The van der Waals surface area contributed by atoms with Gasteiger partial charge in [-0.1, -0.05) is 24.3 Å². The Labute approximate surface area is 200 Å². The Morgan fingerprint density at radius 1 is 0.941 bits per heavy atom. The molecular weight excluding hydrogens is 456 g/mol. The molecule has 176 valence electrons. The van der Waals surface area contributed by atoms with E-state index in [0.29, 0.717) is 19.0 Å². The topological polar surface area (TPSA) is 83.2 Å². The summed E-state index contributed by atoms with van der Waals surface area (Å²) in [5.74, 6) is 6.14. The molecule has 10 heteroatoms. The fraction of sp³-hybridized carbons (Fsp3) is 0.292. The number of rotatable bonds is 5. The lowest BCUT2D eigenvalue weighted by molar-refractivity contribution is 0.129. The standard InChI is InChI=1S/C24H25F2N7S/c1-14-12-33(22-20-23(34-13-28-20)30-24(29-22)31-27)15(2)11-32(14)21(16-3-7-18(25)8-4-16)17-5-9-19(26)10-6-17/h3-10,13-15,21H,11-12,27H2,1-2H3,(H,29,30,31)/t14-,15+/m1/s1. The van der Waals surface area contributed by atoms with Crippen LogP contribution in [0.1, 0.15) is 31.0 Å². The maximum atomic E-state index is 13.7. The highest BCUT2D eigenvalue weighted by Gasteiger charge is 2.36. The number of benzene rings is 2. The number of aromatic nitrogens is 3. The van der Waals surface area contributed by atoms with E-state index in [2.05, 4.69) is 44.0 Å². The van der Waals surface area contributed by atoms with Crippen molar-refractivity contribution in [3.05, 3.63) is 76.8 Å². The summed E-state index contributed by atoms with van der Waals surface area (Å²) in [6, 6.07) is 13.1. The third-order valence-corrected chi connectivity index (χ3v) is 7.04. The Morgan fingerprint density at radius 3 is 2.15 bits per heavy atom. The molecule has 0 saturated carbocycles. The molecule has 3 heterocycles. The van der Waals surface area contributed by atoms with Crippen LogP contribution in [0.5, 0.6) is 0 Å². The predicted octanol–water partition coefficient (Wildman–Crippen LogP) is 4.34. The van der Waals surface area contributed by atoms with Gasteiger partial charge in [0, 0.05) is 25.2 Å². The molecule has 5 rings (SSSR count). The van der Waals surface area contributed by atoms with Crippen LogP contribution in [0, 0.1) is 11.6 Å². The van der Waals surface area contributed by atoms with Gasteiger partial charge < -0.3 is 4.90 Å². The van der Waals surface area contributed by atoms with Crippen molar-refractivity contribution < 1.29 is 8.78 Å². The van der Waals surface area contributed by atoms with E-state index in [1.165, 1.54) is 35.6 Å². The van der Waals surface area contributed by atoms with Crippen molar-refractivity contribution in [1.82, 2.24) is 19.9 Å². The summed E-state index contributed by atoms with van der Waals surface area (Å²) in [6.07, 6.45) is 0. The average Bonchev–Trinajstić information content (AvgIpc) is 3.32. The van der Waals surface area contributed by atoms with E-state index in [1.807, 2.05) is 0 Å². The molecule has 0 spiro atoms. The van der Waals surface area contributed by atoms with Gasteiger partial charge in [0.05, 0.1) is 11.6 Å². The summed E-state index contributed by atoms with van der Waals surface area (Å²) in [6.45, 7) is 5.69. The normalized spacial score (nSPS) is 19.2. The first kappa shape index (κ1) is 22.6. The minimum absolute atomic E-state index is 0.0880. The van der Waals surface area contributed by atoms with E-state index in [9.17, 15) is 8.78 Å². The second-order valence-electron chi connectivity index (χ2n) is 8.57. The largest absolute Gasteiger partial charge is 0.349 e. The summed E-state index contributed by atoms with van der Waals surface area (Å²) in [5, 5.41) is 0. The summed E-state index contributed by atoms with van der Waals surface area (Å²) in [4.78, 5) is 18.9. The second kappa shape index (κ2) is 9.21. The molecule has 0 amide bonds. The smallest absolute Gasteiger partial charge is 0.240 e. The first-order chi connectivity index (χ1) is 16.4. The van der Waals surface area contributed by atoms with E-state index in [1.54, 1.807) is 29.8 Å². The van der Waals surface area contributed by atoms with Crippen LogP contribution in [0.4, 0.5) is 20.5 Å². The molecule has 1 aliphatic heterocycles. The van der Waals surface area contributed by atoms with Crippen molar-refractivity contribution in [2.75, 3.05) is 23.4 Å². The molecule has 2 aromatic heterocycles. The van der Waals surface area contributed by atoms with E-state index in [4.69, 9.17) is 5.84 Å². The van der Waals surface area contributed by atoms with E-state index in [-0.39, 0.29) is 29.8 Å². The molecule has 7 nitrogen and oxygen atoms in total. The third-order valence-electron chi connectivity index (χ3n) is 6.32. The second-order valence-corrected chi connectivity index (χ2v) is 9.41. The maximum Gasteiger partial charge on any atom is 0.240 e. The number of hydrogen-bond acceptors (Lipinski definition) is 8. The zero-order valence-corrected chi connectivity index (χ0v) is 19.6. The number of piperazine rings is 1. The van der Waals surface area contributed by atoms with Gasteiger partial charge in [-0.3, -0.25) is 10.3 Å². The molecule has 1 saturated heterocycles. The molecule has 0 unspecified atom stereocenters. The first-order valence-corrected chi connectivity index (χ1v) is 11.9. The Balaban J connectivity index is 1.51. The van der Waals surface area contributed by atoms with Crippen LogP contribution in [0.3, 0.4) is 0 Å². The van der Waals surface area contributed by atoms with Gasteiger partial charge in [0.2, 0.25) is 5.95 Å². The zero-order valence-electron chi connectivity index (χ0n) is 18.8. The fourth-order valence-corrected chi connectivity index (χ4v) is 5.34. The molecule has 4 aromatic rings. The van der Waals surface area contributed by atoms with Crippen LogP contribution in [-0.2, 0) is 0 Å². The lowest BCUT2D eigenvalue weighted by Gasteiger charge is -2.48. The number of hydrazine groups is 1. The number of thiazole rings is 1. The molecule has 2 atom stereocenters. The molecule has 1 fully saturated rings. The monoisotopic (exact) mass is 481 g/mol. The summed E-state index contributed by atoms with van der Waals surface area (Å²) in [5.41, 5.74) is 6.98. The Kier molecular flexibility index (Phi) is 6.11.